The molecule has 9 nitrogen and oxygen atoms in total. The number of hydrogen-bond donors (Lipinski definition) is 3. The molecule has 0 unspecified atom stereocenters. The van der Waals surface area contributed by atoms with E-state index >= 15 is 4.39 Å². The normalized spacial score (nSPS) is 11.6. The van der Waals surface area contributed by atoms with Crippen molar-refractivity contribution in [2.45, 2.75) is 19.5 Å². The third-order valence-corrected chi connectivity index (χ3v) is 6.18. The molecule has 2 heterocycles. The van der Waals surface area contributed by atoms with E-state index in [0.717, 1.165) is 16.5 Å². The molecule has 4 aromatic rings. The first-order chi connectivity index (χ1) is 17.3. The molecule has 2 aromatic heterocycles. The van der Waals surface area contributed by atoms with Crippen molar-refractivity contribution in [1.82, 2.24) is 9.69 Å². The minimum absolute atomic E-state index is 0.105. The van der Waals surface area contributed by atoms with Crippen LogP contribution in [0.3, 0.4) is 0 Å². The Morgan fingerprint density at radius 3 is 2.39 bits per heavy atom. The molecule has 0 radical (unpaired) electrons. The lowest BCUT2D eigenvalue weighted by molar-refractivity contribution is -0.123. The molecule has 0 aliphatic heterocycles. The van der Waals surface area contributed by atoms with Crippen LogP contribution in [0, 0.1) is 12.7 Å². The number of amides is 3. The van der Waals surface area contributed by atoms with E-state index < -0.39 is 29.6 Å². The van der Waals surface area contributed by atoms with Gasteiger partial charge in [0, 0.05) is 6.54 Å². The number of nitrogens with zero attached hydrogens (tertiary/aromatic N) is 2. The largest absolute Gasteiger partial charge is 0.464 e. The predicted molar refractivity (Wildman–Crippen MR) is 133 cm³/mol. The second-order valence-electron chi connectivity index (χ2n) is 7.82. The van der Waals surface area contributed by atoms with Gasteiger partial charge in [0.2, 0.25) is 0 Å². The Kier molecular flexibility index (Phi) is 7.11. The molecule has 0 bridgehead atoms. The third-order valence-electron chi connectivity index (χ3n) is 5.33. The number of rotatable bonds is 8. The molecular formula is C25H22FN5O4S. The second kappa shape index (κ2) is 10.4. The Morgan fingerprint density at radius 2 is 1.78 bits per heavy atom. The summed E-state index contributed by atoms with van der Waals surface area (Å²) < 4.78 is 24.7. The Morgan fingerprint density at radius 1 is 1.08 bits per heavy atom. The molecule has 0 spiro atoms. The highest BCUT2D eigenvalue weighted by atomic mass is 32.1. The molecule has 11 heteroatoms. The summed E-state index contributed by atoms with van der Waals surface area (Å²) in [5.41, 5.74) is 11.4. The topological polar surface area (TPSA) is 145 Å². The quantitative estimate of drug-likeness (QED) is 0.333. The minimum Gasteiger partial charge on any atom is -0.464 e. The van der Waals surface area contributed by atoms with Crippen LogP contribution in [0.15, 0.2) is 71.1 Å². The molecule has 0 aliphatic carbocycles. The fraction of sp³-hybridized carbons (Fsp3) is 0.120. The number of anilines is 2. The first-order valence-electron chi connectivity index (χ1n) is 10.8. The van der Waals surface area contributed by atoms with Gasteiger partial charge in [-0.05, 0) is 48.3 Å². The molecule has 36 heavy (non-hydrogen) atoms. The van der Waals surface area contributed by atoms with Crippen LogP contribution in [0.1, 0.15) is 43.3 Å². The van der Waals surface area contributed by atoms with Crippen molar-refractivity contribution >= 4 is 40.6 Å². The van der Waals surface area contributed by atoms with Crippen LogP contribution < -0.4 is 21.7 Å². The van der Waals surface area contributed by atoms with Crippen LogP contribution >= 0.6 is 11.5 Å². The molecule has 0 aliphatic rings. The van der Waals surface area contributed by atoms with Crippen molar-refractivity contribution in [2.75, 3.05) is 10.6 Å². The van der Waals surface area contributed by atoms with Gasteiger partial charge in [0.15, 0.2) is 11.7 Å². The van der Waals surface area contributed by atoms with Crippen molar-refractivity contribution in [3.63, 3.8) is 0 Å². The molecule has 184 valence electrons. The number of benzene rings is 2. The summed E-state index contributed by atoms with van der Waals surface area (Å²) in [5.74, 6) is -2.56. The highest BCUT2D eigenvalue weighted by Crippen LogP contribution is 2.35. The predicted octanol–water partition coefficient (Wildman–Crippen LogP) is 3.57. The zero-order valence-corrected chi connectivity index (χ0v) is 19.9. The smallest absolute Gasteiger partial charge is 0.273 e. The fourth-order valence-corrected chi connectivity index (χ4v) is 4.35. The van der Waals surface area contributed by atoms with Crippen molar-refractivity contribution in [1.29, 1.82) is 0 Å². The monoisotopic (exact) mass is 507 g/mol. The summed E-state index contributed by atoms with van der Waals surface area (Å²) in [5, 5.41) is 2.79. The van der Waals surface area contributed by atoms with Gasteiger partial charge in [-0.3, -0.25) is 19.3 Å². The van der Waals surface area contributed by atoms with Crippen molar-refractivity contribution in [3.8, 4) is 0 Å². The number of carbonyl (C=O) groups is 3. The number of carbonyl (C=O) groups excluding carboxylic acids is 3. The molecular weight excluding hydrogens is 485 g/mol. The van der Waals surface area contributed by atoms with E-state index in [1.807, 2.05) is 30.3 Å². The van der Waals surface area contributed by atoms with Gasteiger partial charge in [-0.1, -0.05) is 42.5 Å². The zero-order chi connectivity index (χ0) is 25.8. The lowest BCUT2D eigenvalue weighted by Crippen LogP contribution is -2.44. The molecule has 1 atom stereocenters. The number of halogens is 1. The Bertz CT molecular complexity index is 1420. The standard InChI is InChI=1S/C25H22FN5O4S/c1-14-11-12-18(35-14)21(24(33)29-13-15-7-3-2-4-8-15)31(17-10-6-5-9-16(17)26)25(34)22-19(27)20(23(28)32)30-36-22/h2-12,21H,13,27H2,1H3,(H2,28,32)(H,29,33)/t21-/m0/s1. The number of aryl methyl sites for hydroxylation is 1. The maximum atomic E-state index is 15.1. The molecule has 3 amide bonds. The number of para-hydroxylation sites is 1. The van der Waals surface area contributed by atoms with Gasteiger partial charge in [-0.15, -0.1) is 0 Å². The van der Waals surface area contributed by atoms with Crippen molar-refractivity contribution < 1.29 is 23.2 Å². The summed E-state index contributed by atoms with van der Waals surface area (Å²) in [6.07, 6.45) is 0. The highest BCUT2D eigenvalue weighted by molar-refractivity contribution is 7.09. The molecule has 4 rings (SSSR count). The van der Waals surface area contributed by atoms with E-state index in [4.69, 9.17) is 15.9 Å². The Balaban J connectivity index is 1.82. The van der Waals surface area contributed by atoms with Crippen LogP contribution in [0.5, 0.6) is 0 Å². The van der Waals surface area contributed by atoms with Gasteiger partial charge in [-0.2, -0.15) is 4.37 Å². The van der Waals surface area contributed by atoms with Crippen molar-refractivity contribution in [3.05, 3.63) is 100 Å². The van der Waals surface area contributed by atoms with Gasteiger partial charge in [-0.25, -0.2) is 4.39 Å². The van der Waals surface area contributed by atoms with Gasteiger partial charge >= 0.3 is 0 Å². The molecule has 0 fully saturated rings. The lowest BCUT2D eigenvalue weighted by Gasteiger charge is -2.30. The number of nitrogens with one attached hydrogen (secondary N) is 1. The molecule has 2 aromatic carbocycles. The first kappa shape index (κ1) is 24.6. The maximum Gasteiger partial charge on any atom is 0.273 e. The average Bonchev–Trinajstić information content (AvgIpc) is 3.47. The van der Waals surface area contributed by atoms with Crippen molar-refractivity contribution in [2.24, 2.45) is 5.73 Å². The van der Waals surface area contributed by atoms with E-state index in [1.54, 1.807) is 13.0 Å². The van der Waals surface area contributed by atoms with Gasteiger partial charge < -0.3 is 21.2 Å². The summed E-state index contributed by atoms with van der Waals surface area (Å²) >= 11 is 0.629. The Labute approximate surface area is 209 Å². The number of nitrogens with two attached hydrogens (primary N) is 2. The molecule has 5 N–H and O–H groups in total. The van der Waals surface area contributed by atoms with E-state index in [1.165, 1.54) is 24.3 Å². The van der Waals surface area contributed by atoms with E-state index in [-0.39, 0.29) is 34.3 Å². The number of aromatic nitrogens is 1. The number of primary amides is 1. The van der Waals surface area contributed by atoms with Crippen LogP contribution in [0.25, 0.3) is 0 Å². The first-order valence-corrected chi connectivity index (χ1v) is 11.6. The molecule has 0 saturated carbocycles. The van der Waals surface area contributed by atoms with Gasteiger partial charge in [0.05, 0.1) is 11.4 Å². The van der Waals surface area contributed by atoms with E-state index in [9.17, 15) is 14.4 Å². The minimum atomic E-state index is -1.41. The zero-order valence-electron chi connectivity index (χ0n) is 19.1. The average molecular weight is 508 g/mol. The number of nitrogen functional groups attached to an aromatic ring is 1. The van der Waals surface area contributed by atoms with Crippen LogP contribution in [-0.4, -0.2) is 22.1 Å². The second-order valence-corrected chi connectivity index (χ2v) is 8.59. The summed E-state index contributed by atoms with van der Waals surface area (Å²) in [6, 6.07) is 16.4. The highest BCUT2D eigenvalue weighted by Gasteiger charge is 2.38. The summed E-state index contributed by atoms with van der Waals surface area (Å²) in [7, 11) is 0. The summed E-state index contributed by atoms with van der Waals surface area (Å²) in [4.78, 5) is 39.8. The van der Waals surface area contributed by atoms with Crippen LogP contribution in [0.2, 0.25) is 0 Å². The maximum absolute atomic E-state index is 15.1. The fourth-order valence-electron chi connectivity index (χ4n) is 3.61. The van der Waals surface area contributed by atoms with Gasteiger partial charge in [0.1, 0.15) is 22.2 Å². The van der Waals surface area contributed by atoms with Gasteiger partial charge in [0.25, 0.3) is 17.7 Å². The number of furan rings is 1. The number of hydrogen-bond acceptors (Lipinski definition) is 7. The third kappa shape index (κ3) is 4.96. The Hall–Kier alpha value is -4.51. The molecule has 0 saturated heterocycles. The van der Waals surface area contributed by atoms with E-state index in [2.05, 4.69) is 9.69 Å². The summed E-state index contributed by atoms with van der Waals surface area (Å²) in [6.45, 7) is 1.84. The SMILES string of the molecule is Cc1ccc([C@@H](C(=O)NCc2ccccc2)N(C(=O)c2snc(C(N)=O)c2N)c2ccccc2F)o1. The van der Waals surface area contributed by atoms with Crippen LogP contribution in [-0.2, 0) is 11.3 Å². The van der Waals surface area contributed by atoms with Crippen LogP contribution in [0.4, 0.5) is 15.8 Å². The lowest BCUT2D eigenvalue weighted by atomic mass is 10.1. The van der Waals surface area contributed by atoms with E-state index in [0.29, 0.717) is 17.3 Å².